The second-order valence-electron chi connectivity index (χ2n) is 7.57. The number of ether oxygens (including phenoxy) is 2. The van der Waals surface area contributed by atoms with Gasteiger partial charge >= 0.3 is 0 Å². The first-order chi connectivity index (χ1) is 14.3. The van der Waals surface area contributed by atoms with Gasteiger partial charge in [0, 0.05) is 31.2 Å². The second kappa shape index (κ2) is 9.50. The molecule has 3 aromatic rings. The highest BCUT2D eigenvalue weighted by molar-refractivity contribution is 5.49. The zero-order valence-corrected chi connectivity index (χ0v) is 17.0. The summed E-state index contributed by atoms with van der Waals surface area (Å²) >= 11 is 0. The fourth-order valence-corrected chi connectivity index (χ4v) is 3.84. The number of imidazole rings is 1. The van der Waals surface area contributed by atoms with Crippen molar-refractivity contribution in [2.75, 3.05) is 25.1 Å². The average Bonchev–Trinajstić information content (AvgIpc) is 3.47. The van der Waals surface area contributed by atoms with Crippen LogP contribution >= 0.6 is 0 Å². The highest BCUT2D eigenvalue weighted by Gasteiger charge is 2.15. The summed E-state index contributed by atoms with van der Waals surface area (Å²) in [6, 6.07) is 16.8. The number of nitrogens with zero attached hydrogens (tertiary/aromatic N) is 3. The molecule has 0 spiro atoms. The van der Waals surface area contributed by atoms with Crippen LogP contribution in [0.3, 0.4) is 0 Å². The van der Waals surface area contributed by atoms with Crippen LogP contribution in [-0.4, -0.2) is 35.9 Å². The molecule has 1 aromatic heterocycles. The summed E-state index contributed by atoms with van der Waals surface area (Å²) in [6.45, 7) is 3.10. The number of benzene rings is 2. The smallest absolute Gasteiger partial charge is 0.119 e. The minimum Gasteiger partial charge on any atom is -0.497 e. The molecular formula is C24H29N3O2. The molecule has 1 atom stereocenters. The Hall–Kier alpha value is -2.95. The van der Waals surface area contributed by atoms with Gasteiger partial charge in [0.1, 0.15) is 17.6 Å². The van der Waals surface area contributed by atoms with Gasteiger partial charge in [0.05, 0.1) is 20.0 Å². The van der Waals surface area contributed by atoms with Gasteiger partial charge in [0.25, 0.3) is 0 Å². The highest BCUT2D eigenvalue weighted by Crippen LogP contribution is 2.24. The summed E-state index contributed by atoms with van der Waals surface area (Å²) in [5.74, 6) is 1.81. The molecule has 0 aliphatic carbocycles. The van der Waals surface area contributed by atoms with Crippen molar-refractivity contribution >= 4 is 5.69 Å². The van der Waals surface area contributed by atoms with Crippen LogP contribution in [0.2, 0.25) is 0 Å². The highest BCUT2D eigenvalue weighted by atomic mass is 16.5. The third kappa shape index (κ3) is 5.31. The molecule has 29 heavy (non-hydrogen) atoms. The van der Waals surface area contributed by atoms with E-state index in [1.807, 2.05) is 30.9 Å². The first-order valence-corrected chi connectivity index (χ1v) is 10.4. The fourth-order valence-electron chi connectivity index (χ4n) is 3.84. The molecule has 2 aromatic carbocycles. The molecule has 4 rings (SSSR count). The molecule has 5 heteroatoms. The number of anilines is 1. The molecule has 152 valence electrons. The zero-order valence-electron chi connectivity index (χ0n) is 17.0. The number of rotatable bonds is 9. The second-order valence-corrected chi connectivity index (χ2v) is 7.57. The molecule has 0 saturated carbocycles. The maximum atomic E-state index is 6.38. The van der Waals surface area contributed by atoms with Crippen molar-refractivity contribution < 1.29 is 9.47 Å². The van der Waals surface area contributed by atoms with E-state index in [4.69, 9.17) is 9.47 Å². The number of hydrogen-bond donors (Lipinski definition) is 0. The molecule has 0 N–H and O–H groups in total. The van der Waals surface area contributed by atoms with E-state index in [-0.39, 0.29) is 6.10 Å². The van der Waals surface area contributed by atoms with Crippen LogP contribution in [-0.2, 0) is 13.0 Å². The summed E-state index contributed by atoms with van der Waals surface area (Å²) in [5.41, 5.74) is 2.58. The van der Waals surface area contributed by atoms with Crippen LogP contribution in [0.5, 0.6) is 11.5 Å². The monoisotopic (exact) mass is 391 g/mol. The number of methoxy groups -OCH3 is 1. The molecule has 1 aliphatic rings. The van der Waals surface area contributed by atoms with Crippen molar-refractivity contribution in [1.82, 2.24) is 9.55 Å². The minimum atomic E-state index is 0.0731. The third-order valence-electron chi connectivity index (χ3n) is 5.50. The molecule has 0 amide bonds. The standard InChI is InChI=1S/C24H29N3O2/c1-28-22-9-4-20(5-10-22)6-11-24(18-26-17-14-25-19-26)29-23-12-7-21(8-13-23)27-15-2-3-16-27/h4-5,7-10,12-14,17,19,24H,2-3,6,11,15-16,18H2,1H3. The van der Waals surface area contributed by atoms with Crippen molar-refractivity contribution in [3.05, 3.63) is 72.8 Å². The molecule has 0 bridgehead atoms. The zero-order chi connectivity index (χ0) is 19.9. The molecule has 5 nitrogen and oxygen atoms in total. The average molecular weight is 392 g/mol. The summed E-state index contributed by atoms with van der Waals surface area (Å²) in [7, 11) is 1.69. The Morgan fingerprint density at radius 1 is 0.966 bits per heavy atom. The Morgan fingerprint density at radius 3 is 2.34 bits per heavy atom. The lowest BCUT2D eigenvalue weighted by atomic mass is 10.1. The van der Waals surface area contributed by atoms with Gasteiger partial charge in [-0.15, -0.1) is 0 Å². The van der Waals surface area contributed by atoms with Crippen molar-refractivity contribution in [3.63, 3.8) is 0 Å². The van der Waals surface area contributed by atoms with E-state index in [1.165, 1.54) is 24.1 Å². The van der Waals surface area contributed by atoms with Gasteiger partial charge in [-0.2, -0.15) is 0 Å². The normalized spacial score (nSPS) is 14.7. The van der Waals surface area contributed by atoms with E-state index in [1.54, 1.807) is 7.11 Å². The van der Waals surface area contributed by atoms with Crippen LogP contribution in [0, 0.1) is 0 Å². The molecule has 2 heterocycles. The van der Waals surface area contributed by atoms with Crippen LogP contribution in [0.15, 0.2) is 67.3 Å². The SMILES string of the molecule is COc1ccc(CCC(Cn2ccnc2)Oc2ccc(N3CCCC3)cc2)cc1. The maximum absolute atomic E-state index is 6.38. The van der Waals surface area contributed by atoms with Crippen molar-refractivity contribution in [1.29, 1.82) is 0 Å². The first kappa shape index (κ1) is 19.4. The number of aryl methyl sites for hydroxylation is 1. The minimum absolute atomic E-state index is 0.0731. The Balaban J connectivity index is 1.40. The lowest BCUT2D eigenvalue weighted by Crippen LogP contribution is -2.23. The van der Waals surface area contributed by atoms with Crippen molar-refractivity contribution in [2.24, 2.45) is 0 Å². The third-order valence-corrected chi connectivity index (χ3v) is 5.50. The van der Waals surface area contributed by atoms with E-state index in [2.05, 4.69) is 50.8 Å². The summed E-state index contributed by atoms with van der Waals surface area (Å²) in [5, 5.41) is 0. The summed E-state index contributed by atoms with van der Waals surface area (Å²) in [4.78, 5) is 6.60. The topological polar surface area (TPSA) is 39.5 Å². The van der Waals surface area contributed by atoms with Gasteiger partial charge in [0.15, 0.2) is 0 Å². The number of aromatic nitrogens is 2. The molecule has 1 saturated heterocycles. The van der Waals surface area contributed by atoms with Gasteiger partial charge in [-0.05, 0) is 67.6 Å². The Morgan fingerprint density at radius 2 is 1.69 bits per heavy atom. The quantitative estimate of drug-likeness (QED) is 0.536. The lowest BCUT2D eigenvalue weighted by Gasteiger charge is -2.21. The maximum Gasteiger partial charge on any atom is 0.119 e. The first-order valence-electron chi connectivity index (χ1n) is 10.4. The van der Waals surface area contributed by atoms with Crippen molar-refractivity contribution in [3.8, 4) is 11.5 Å². The van der Waals surface area contributed by atoms with Gasteiger partial charge < -0.3 is 18.9 Å². The molecule has 1 aliphatic heterocycles. The van der Waals surface area contributed by atoms with Gasteiger partial charge in [-0.3, -0.25) is 0 Å². The van der Waals surface area contributed by atoms with Crippen LogP contribution in [0.4, 0.5) is 5.69 Å². The molecule has 0 radical (unpaired) electrons. The predicted octanol–water partition coefficient (Wildman–Crippen LogP) is 4.57. The van der Waals surface area contributed by atoms with E-state index in [9.17, 15) is 0 Å². The van der Waals surface area contributed by atoms with Gasteiger partial charge in [0.2, 0.25) is 0 Å². The van der Waals surface area contributed by atoms with E-state index >= 15 is 0 Å². The Kier molecular flexibility index (Phi) is 6.35. The summed E-state index contributed by atoms with van der Waals surface area (Å²) < 4.78 is 13.7. The van der Waals surface area contributed by atoms with E-state index < -0.39 is 0 Å². The molecular weight excluding hydrogens is 362 g/mol. The Labute approximate surface area is 172 Å². The predicted molar refractivity (Wildman–Crippen MR) is 116 cm³/mol. The fraction of sp³-hybridized carbons (Fsp3) is 0.375. The van der Waals surface area contributed by atoms with Crippen LogP contribution < -0.4 is 14.4 Å². The van der Waals surface area contributed by atoms with E-state index in [0.717, 1.165) is 44.0 Å². The number of hydrogen-bond acceptors (Lipinski definition) is 4. The van der Waals surface area contributed by atoms with Crippen molar-refractivity contribution in [2.45, 2.75) is 38.3 Å². The lowest BCUT2D eigenvalue weighted by molar-refractivity contribution is 0.170. The largest absolute Gasteiger partial charge is 0.497 e. The van der Waals surface area contributed by atoms with Gasteiger partial charge in [-0.25, -0.2) is 4.98 Å². The summed E-state index contributed by atoms with van der Waals surface area (Å²) in [6.07, 6.45) is 10.2. The van der Waals surface area contributed by atoms with Gasteiger partial charge in [-0.1, -0.05) is 12.1 Å². The van der Waals surface area contributed by atoms with E-state index in [0.29, 0.717) is 0 Å². The Bertz CT molecular complexity index is 854. The van der Waals surface area contributed by atoms with Crippen LogP contribution in [0.1, 0.15) is 24.8 Å². The molecule has 1 unspecified atom stereocenters. The van der Waals surface area contributed by atoms with Crippen LogP contribution in [0.25, 0.3) is 0 Å². The molecule has 1 fully saturated rings.